The van der Waals surface area contributed by atoms with E-state index in [0.29, 0.717) is 5.70 Å². The Labute approximate surface area is 64.0 Å². The number of carbonyl (C=O) groups excluding carboxylic acids is 1. The van der Waals surface area contributed by atoms with Gasteiger partial charge >= 0.3 is 5.97 Å². The van der Waals surface area contributed by atoms with E-state index in [1.807, 2.05) is 0 Å². The van der Waals surface area contributed by atoms with Crippen LogP contribution >= 0.6 is 12.6 Å². The van der Waals surface area contributed by atoms with Crippen molar-refractivity contribution < 1.29 is 9.53 Å². The van der Waals surface area contributed by atoms with Crippen LogP contribution in [0.3, 0.4) is 0 Å². The number of ether oxygens (including phenoxy) is 1. The van der Waals surface area contributed by atoms with Crippen molar-refractivity contribution in [3.63, 3.8) is 0 Å². The summed E-state index contributed by atoms with van der Waals surface area (Å²) < 4.78 is 4.44. The van der Waals surface area contributed by atoms with Crippen LogP contribution in [0.1, 0.15) is 0 Å². The van der Waals surface area contributed by atoms with E-state index in [4.69, 9.17) is 0 Å². The van der Waals surface area contributed by atoms with Crippen molar-refractivity contribution >= 4 is 18.6 Å². The van der Waals surface area contributed by atoms with E-state index in [1.54, 1.807) is 0 Å². The van der Waals surface area contributed by atoms with Crippen LogP contribution in [-0.2, 0) is 9.53 Å². The Kier molecular flexibility index (Phi) is 2.06. The molecule has 1 unspecified atom stereocenters. The number of methoxy groups -OCH3 is 1. The van der Waals surface area contributed by atoms with Crippen LogP contribution in [0.4, 0.5) is 0 Å². The van der Waals surface area contributed by atoms with Gasteiger partial charge in [-0.2, -0.15) is 0 Å². The number of hydrogen-bond acceptors (Lipinski definition) is 5. The second kappa shape index (κ2) is 2.83. The third-order valence-corrected chi connectivity index (χ3v) is 1.36. The predicted octanol–water partition coefficient (Wildman–Crippen LogP) is -0.593. The summed E-state index contributed by atoms with van der Waals surface area (Å²) in [7, 11) is 1.33. The standard InChI is InChI=1S/C5H8N2O2S/c1-9-4(8)3-2-6-5(10)7-3/h2,5-7,10H,1H3. The molecule has 1 heterocycles. The summed E-state index contributed by atoms with van der Waals surface area (Å²) in [4.78, 5) is 10.7. The van der Waals surface area contributed by atoms with Gasteiger partial charge in [-0.1, -0.05) is 0 Å². The molecule has 0 fully saturated rings. The molecule has 10 heavy (non-hydrogen) atoms. The van der Waals surface area contributed by atoms with E-state index in [1.165, 1.54) is 13.3 Å². The second-order valence-electron chi connectivity index (χ2n) is 1.76. The zero-order valence-electron chi connectivity index (χ0n) is 5.42. The van der Waals surface area contributed by atoms with Crippen molar-refractivity contribution in [2.24, 2.45) is 0 Å². The normalized spacial score (nSPS) is 22.6. The highest BCUT2D eigenvalue weighted by Crippen LogP contribution is 2.01. The molecule has 0 aliphatic carbocycles. The molecule has 0 aromatic rings. The van der Waals surface area contributed by atoms with Gasteiger partial charge in [0.05, 0.1) is 7.11 Å². The van der Waals surface area contributed by atoms with Crippen LogP contribution in [-0.4, -0.2) is 18.6 Å². The maximum Gasteiger partial charge on any atom is 0.355 e. The highest BCUT2D eigenvalue weighted by atomic mass is 32.1. The molecule has 1 rings (SSSR count). The minimum atomic E-state index is -0.385. The first-order chi connectivity index (χ1) is 4.74. The quantitative estimate of drug-likeness (QED) is 0.354. The fourth-order valence-corrected chi connectivity index (χ4v) is 0.834. The van der Waals surface area contributed by atoms with Crippen molar-refractivity contribution in [3.05, 3.63) is 11.9 Å². The van der Waals surface area contributed by atoms with Crippen LogP contribution in [0.2, 0.25) is 0 Å². The van der Waals surface area contributed by atoms with Crippen LogP contribution < -0.4 is 10.6 Å². The SMILES string of the molecule is COC(=O)C1=CNC(S)N1. The van der Waals surface area contributed by atoms with Crippen LogP contribution in [0.25, 0.3) is 0 Å². The first kappa shape index (κ1) is 7.27. The lowest BCUT2D eigenvalue weighted by molar-refractivity contribution is -0.136. The van der Waals surface area contributed by atoms with Crippen molar-refractivity contribution in [2.45, 2.75) is 5.50 Å². The van der Waals surface area contributed by atoms with Gasteiger partial charge in [0.1, 0.15) is 11.2 Å². The summed E-state index contributed by atoms with van der Waals surface area (Å²) in [6, 6.07) is 0. The summed E-state index contributed by atoms with van der Waals surface area (Å²) in [5, 5.41) is 5.52. The number of rotatable bonds is 1. The lowest BCUT2D eigenvalue weighted by Crippen LogP contribution is -2.27. The van der Waals surface area contributed by atoms with Crippen molar-refractivity contribution in [1.29, 1.82) is 0 Å². The van der Waals surface area contributed by atoms with Gasteiger partial charge in [0.25, 0.3) is 0 Å². The largest absolute Gasteiger partial charge is 0.464 e. The molecule has 56 valence electrons. The topological polar surface area (TPSA) is 50.4 Å². The Balaban J connectivity index is 2.51. The Morgan fingerprint density at radius 2 is 2.60 bits per heavy atom. The lowest BCUT2D eigenvalue weighted by atomic mass is 10.5. The molecular weight excluding hydrogens is 152 g/mol. The van der Waals surface area contributed by atoms with Gasteiger partial charge in [0.15, 0.2) is 0 Å². The van der Waals surface area contributed by atoms with Crippen LogP contribution in [0.15, 0.2) is 11.9 Å². The lowest BCUT2D eigenvalue weighted by Gasteiger charge is -2.04. The number of carbonyl (C=O) groups is 1. The van der Waals surface area contributed by atoms with E-state index in [9.17, 15) is 4.79 Å². The molecule has 4 nitrogen and oxygen atoms in total. The first-order valence-corrected chi connectivity index (χ1v) is 3.25. The summed E-state index contributed by atoms with van der Waals surface area (Å²) in [6.07, 6.45) is 1.53. The van der Waals surface area contributed by atoms with Gasteiger partial charge in [-0.15, -0.1) is 12.6 Å². The molecule has 2 N–H and O–H groups in total. The fourth-order valence-electron chi connectivity index (χ4n) is 0.621. The molecule has 0 aromatic carbocycles. The molecule has 0 saturated carbocycles. The molecule has 0 spiro atoms. The van der Waals surface area contributed by atoms with E-state index >= 15 is 0 Å². The Morgan fingerprint density at radius 3 is 3.00 bits per heavy atom. The number of esters is 1. The Morgan fingerprint density at radius 1 is 1.90 bits per heavy atom. The van der Waals surface area contributed by atoms with Gasteiger partial charge in [-0.05, 0) is 0 Å². The Hall–Kier alpha value is -0.840. The average Bonchev–Trinajstić information content (AvgIpc) is 2.34. The molecule has 0 bridgehead atoms. The monoisotopic (exact) mass is 160 g/mol. The molecular formula is C5H8N2O2S. The average molecular weight is 160 g/mol. The number of nitrogens with one attached hydrogen (secondary N) is 2. The number of thiol groups is 1. The van der Waals surface area contributed by atoms with E-state index in [0.717, 1.165) is 0 Å². The van der Waals surface area contributed by atoms with Gasteiger partial charge in [-0.25, -0.2) is 4.79 Å². The van der Waals surface area contributed by atoms with E-state index in [2.05, 4.69) is 28.0 Å². The maximum atomic E-state index is 10.7. The summed E-state index contributed by atoms with van der Waals surface area (Å²) >= 11 is 4.00. The zero-order valence-corrected chi connectivity index (χ0v) is 6.31. The zero-order chi connectivity index (χ0) is 7.56. The minimum Gasteiger partial charge on any atom is -0.464 e. The van der Waals surface area contributed by atoms with Crippen LogP contribution in [0.5, 0.6) is 0 Å². The molecule has 0 saturated heterocycles. The maximum absolute atomic E-state index is 10.7. The van der Waals surface area contributed by atoms with E-state index in [-0.39, 0.29) is 11.5 Å². The minimum absolute atomic E-state index is 0.186. The predicted molar refractivity (Wildman–Crippen MR) is 39.1 cm³/mol. The highest BCUT2D eigenvalue weighted by molar-refractivity contribution is 7.80. The first-order valence-electron chi connectivity index (χ1n) is 2.73. The van der Waals surface area contributed by atoms with Gasteiger partial charge < -0.3 is 15.4 Å². The van der Waals surface area contributed by atoms with Gasteiger partial charge in [0, 0.05) is 6.20 Å². The summed E-state index contributed by atoms with van der Waals surface area (Å²) in [5.74, 6) is -0.385. The van der Waals surface area contributed by atoms with E-state index < -0.39 is 0 Å². The van der Waals surface area contributed by atoms with Crippen LogP contribution in [0, 0.1) is 0 Å². The van der Waals surface area contributed by atoms with Crippen molar-refractivity contribution in [1.82, 2.24) is 10.6 Å². The number of hydrogen-bond donors (Lipinski definition) is 3. The van der Waals surface area contributed by atoms with Crippen molar-refractivity contribution in [2.75, 3.05) is 7.11 Å². The molecule has 0 aromatic heterocycles. The smallest absolute Gasteiger partial charge is 0.355 e. The van der Waals surface area contributed by atoms with Gasteiger partial charge in [-0.3, -0.25) is 0 Å². The van der Waals surface area contributed by atoms with Gasteiger partial charge in [0.2, 0.25) is 0 Å². The molecule has 1 atom stereocenters. The summed E-state index contributed by atoms with van der Waals surface area (Å²) in [6.45, 7) is 0. The molecule has 1 aliphatic heterocycles. The molecule has 1 aliphatic rings. The summed E-state index contributed by atoms with van der Waals surface area (Å²) in [5.41, 5.74) is 0.219. The fraction of sp³-hybridized carbons (Fsp3) is 0.400. The molecule has 5 heteroatoms. The third kappa shape index (κ3) is 1.36. The van der Waals surface area contributed by atoms with Crippen molar-refractivity contribution in [3.8, 4) is 0 Å². The Bertz CT molecular complexity index is 180. The molecule has 0 amide bonds. The molecule has 0 radical (unpaired) electrons. The second-order valence-corrected chi connectivity index (χ2v) is 2.28. The highest BCUT2D eigenvalue weighted by Gasteiger charge is 2.17. The third-order valence-electron chi connectivity index (χ3n) is 1.08.